The molecule has 0 atom stereocenters. The second-order valence-electron chi connectivity index (χ2n) is 7.10. The second-order valence-corrected chi connectivity index (χ2v) is 8.10. The summed E-state index contributed by atoms with van der Waals surface area (Å²) in [4.78, 5) is 21.3. The molecule has 0 saturated heterocycles. The van der Waals surface area contributed by atoms with Crippen molar-refractivity contribution in [3.05, 3.63) is 64.0 Å². The monoisotopic (exact) mass is 373 g/mol. The van der Waals surface area contributed by atoms with Gasteiger partial charge in [-0.15, -0.1) is 11.3 Å². The van der Waals surface area contributed by atoms with E-state index < -0.39 is 0 Å². The summed E-state index contributed by atoms with van der Waals surface area (Å²) in [5.74, 6) is -0.0302. The van der Waals surface area contributed by atoms with E-state index in [0.29, 0.717) is 17.1 Å². The lowest BCUT2D eigenvalue weighted by molar-refractivity contribution is 0.0994. The van der Waals surface area contributed by atoms with Crippen molar-refractivity contribution in [3.8, 4) is 0 Å². The fraction of sp³-hybridized carbons (Fsp3) is 0.182. The summed E-state index contributed by atoms with van der Waals surface area (Å²) in [5.41, 5.74) is 12.5. The van der Waals surface area contributed by atoms with Crippen LogP contribution in [0.25, 0.3) is 21.1 Å². The summed E-state index contributed by atoms with van der Waals surface area (Å²) in [5, 5.41) is 1.92. The summed E-state index contributed by atoms with van der Waals surface area (Å²) in [6.07, 6.45) is 0.882. The quantitative estimate of drug-likeness (QED) is 0.519. The van der Waals surface area contributed by atoms with E-state index in [0.717, 1.165) is 33.2 Å². The number of aryl methyl sites for hydroxylation is 2. The van der Waals surface area contributed by atoms with Gasteiger partial charge in [-0.1, -0.05) is 30.3 Å². The largest absolute Gasteiger partial charge is 0.397 e. The average Bonchev–Trinajstić information content (AvgIpc) is 3.25. The molecule has 27 heavy (non-hydrogen) atoms. The van der Waals surface area contributed by atoms with Crippen LogP contribution < -0.4 is 10.6 Å². The fourth-order valence-electron chi connectivity index (χ4n) is 3.84. The summed E-state index contributed by atoms with van der Waals surface area (Å²) in [7, 11) is 0. The van der Waals surface area contributed by atoms with Gasteiger partial charge in [0.1, 0.15) is 9.71 Å². The van der Waals surface area contributed by atoms with Crippen molar-refractivity contribution in [3.63, 3.8) is 0 Å². The Morgan fingerprint density at radius 1 is 1.19 bits per heavy atom. The van der Waals surface area contributed by atoms with E-state index in [4.69, 9.17) is 10.7 Å². The summed E-state index contributed by atoms with van der Waals surface area (Å²) >= 11 is 1.40. The molecule has 0 bridgehead atoms. The lowest BCUT2D eigenvalue weighted by Crippen LogP contribution is -2.28. The Bertz CT molecular complexity index is 1240. The molecule has 0 radical (unpaired) electrons. The molecular formula is C22H19N3OS. The van der Waals surface area contributed by atoms with E-state index in [-0.39, 0.29) is 5.91 Å². The van der Waals surface area contributed by atoms with Gasteiger partial charge >= 0.3 is 0 Å². The lowest BCUT2D eigenvalue weighted by Gasteiger charge is -2.16. The number of anilines is 2. The molecule has 134 valence electrons. The van der Waals surface area contributed by atoms with Gasteiger partial charge in [0.05, 0.1) is 11.2 Å². The van der Waals surface area contributed by atoms with E-state index in [2.05, 4.69) is 38.1 Å². The Hall–Kier alpha value is -2.92. The first kappa shape index (κ1) is 16.3. The van der Waals surface area contributed by atoms with Crippen LogP contribution in [0.1, 0.15) is 26.4 Å². The first-order valence-corrected chi connectivity index (χ1v) is 9.85. The zero-order valence-electron chi connectivity index (χ0n) is 15.2. The molecule has 2 aromatic heterocycles. The number of carbonyl (C=O) groups is 1. The van der Waals surface area contributed by atoms with Gasteiger partial charge in [0.15, 0.2) is 0 Å². The van der Waals surface area contributed by atoms with Gasteiger partial charge in [0.2, 0.25) is 0 Å². The topological polar surface area (TPSA) is 59.2 Å². The van der Waals surface area contributed by atoms with Crippen LogP contribution in [0.5, 0.6) is 0 Å². The molecule has 0 unspecified atom stereocenters. The molecule has 4 aromatic rings. The number of carbonyl (C=O) groups excluding carboxylic acids is 1. The van der Waals surface area contributed by atoms with E-state index in [1.54, 1.807) is 0 Å². The molecule has 2 N–H and O–H groups in total. The van der Waals surface area contributed by atoms with Gasteiger partial charge in [0.25, 0.3) is 5.91 Å². The van der Waals surface area contributed by atoms with Crippen molar-refractivity contribution in [2.75, 3.05) is 17.2 Å². The maximum absolute atomic E-state index is 13.2. The normalized spacial score (nSPS) is 13.5. The summed E-state index contributed by atoms with van der Waals surface area (Å²) < 4.78 is 0. The maximum atomic E-state index is 13.2. The third kappa shape index (κ3) is 2.35. The molecule has 1 aliphatic heterocycles. The molecule has 0 fully saturated rings. The Morgan fingerprint density at radius 3 is 2.85 bits per heavy atom. The van der Waals surface area contributed by atoms with Crippen LogP contribution in [0, 0.1) is 13.8 Å². The minimum absolute atomic E-state index is 0.0302. The van der Waals surface area contributed by atoms with Crippen molar-refractivity contribution >= 4 is 49.7 Å². The van der Waals surface area contributed by atoms with Gasteiger partial charge in [0, 0.05) is 23.0 Å². The zero-order valence-corrected chi connectivity index (χ0v) is 16.1. The molecule has 1 amide bonds. The average molecular weight is 373 g/mol. The number of nitrogens with two attached hydrogens (primary N) is 1. The number of nitrogen functional groups attached to an aromatic ring is 1. The number of rotatable bonds is 1. The van der Waals surface area contributed by atoms with Crippen LogP contribution >= 0.6 is 11.3 Å². The number of fused-ring (bicyclic) bond motifs is 3. The van der Waals surface area contributed by atoms with Gasteiger partial charge in [-0.3, -0.25) is 4.79 Å². The van der Waals surface area contributed by atoms with Gasteiger partial charge < -0.3 is 10.6 Å². The van der Waals surface area contributed by atoms with Crippen LogP contribution in [0.3, 0.4) is 0 Å². The number of nitrogens with zero attached hydrogens (tertiary/aromatic N) is 2. The highest BCUT2D eigenvalue weighted by molar-refractivity contribution is 7.21. The number of amides is 1. The molecule has 3 heterocycles. The minimum atomic E-state index is -0.0302. The number of benzene rings is 2. The predicted octanol–water partition coefficient (Wildman–Crippen LogP) is 4.85. The minimum Gasteiger partial charge on any atom is -0.397 e. The number of hydrogen-bond acceptors (Lipinski definition) is 4. The van der Waals surface area contributed by atoms with E-state index in [9.17, 15) is 4.79 Å². The molecule has 5 rings (SSSR count). The molecule has 0 aliphatic carbocycles. The maximum Gasteiger partial charge on any atom is 0.270 e. The SMILES string of the molecule is Cc1ccc2cc3c(N)c(C(=O)N4CCc5ccccc54)sc3nc2c1C. The summed E-state index contributed by atoms with van der Waals surface area (Å²) in [6, 6.07) is 14.3. The molecule has 1 aliphatic rings. The Labute approximate surface area is 161 Å². The van der Waals surface area contributed by atoms with Crippen molar-refractivity contribution in [1.82, 2.24) is 4.98 Å². The first-order chi connectivity index (χ1) is 13.0. The zero-order chi connectivity index (χ0) is 18.7. The van der Waals surface area contributed by atoms with Crippen molar-refractivity contribution in [2.24, 2.45) is 0 Å². The molecule has 2 aromatic carbocycles. The standard InChI is InChI=1S/C22H19N3OS/c1-12-7-8-15-11-16-18(23)20(27-21(16)24-19(15)13(12)2)22(26)25-10-9-14-5-3-4-6-17(14)25/h3-8,11H,9-10,23H2,1-2H3. The third-order valence-corrected chi connectivity index (χ3v) is 6.64. The second kappa shape index (κ2) is 5.79. The molecular weight excluding hydrogens is 354 g/mol. The first-order valence-electron chi connectivity index (χ1n) is 9.03. The highest BCUT2D eigenvalue weighted by Gasteiger charge is 2.28. The van der Waals surface area contributed by atoms with Crippen LogP contribution in [0.15, 0.2) is 42.5 Å². The Kier molecular flexibility index (Phi) is 3.49. The highest BCUT2D eigenvalue weighted by Crippen LogP contribution is 2.38. The van der Waals surface area contributed by atoms with E-state index in [1.165, 1.54) is 28.0 Å². The lowest BCUT2D eigenvalue weighted by atomic mass is 10.0. The molecule has 0 saturated carbocycles. The highest BCUT2D eigenvalue weighted by atomic mass is 32.1. The van der Waals surface area contributed by atoms with Gasteiger partial charge in [-0.25, -0.2) is 4.98 Å². The summed E-state index contributed by atoms with van der Waals surface area (Å²) in [6.45, 7) is 4.86. The number of aromatic nitrogens is 1. The number of para-hydroxylation sites is 1. The van der Waals surface area contributed by atoms with Crippen LogP contribution in [-0.2, 0) is 6.42 Å². The number of pyridine rings is 1. The molecule has 4 nitrogen and oxygen atoms in total. The van der Waals surface area contributed by atoms with Gasteiger partial charge in [-0.05, 0) is 49.1 Å². The third-order valence-electron chi connectivity index (χ3n) is 5.54. The van der Waals surface area contributed by atoms with Crippen LogP contribution in [0.4, 0.5) is 11.4 Å². The van der Waals surface area contributed by atoms with Crippen molar-refractivity contribution < 1.29 is 4.79 Å². The predicted molar refractivity (Wildman–Crippen MR) is 113 cm³/mol. The van der Waals surface area contributed by atoms with Crippen LogP contribution in [0.2, 0.25) is 0 Å². The Morgan fingerprint density at radius 2 is 2.00 bits per heavy atom. The smallest absolute Gasteiger partial charge is 0.270 e. The number of thiophene rings is 1. The van der Waals surface area contributed by atoms with Crippen molar-refractivity contribution in [1.29, 1.82) is 0 Å². The fourth-order valence-corrected chi connectivity index (χ4v) is 4.87. The van der Waals surface area contributed by atoms with E-state index >= 15 is 0 Å². The van der Waals surface area contributed by atoms with Gasteiger partial charge in [-0.2, -0.15) is 0 Å². The van der Waals surface area contributed by atoms with Crippen LogP contribution in [-0.4, -0.2) is 17.4 Å². The van der Waals surface area contributed by atoms with E-state index in [1.807, 2.05) is 23.1 Å². The molecule has 5 heteroatoms. The molecule has 0 spiro atoms. The van der Waals surface area contributed by atoms with Crippen molar-refractivity contribution in [2.45, 2.75) is 20.3 Å². The Balaban J connectivity index is 1.66. The number of hydrogen-bond donors (Lipinski definition) is 1.